The van der Waals surface area contributed by atoms with E-state index in [9.17, 15) is 9.59 Å². The van der Waals surface area contributed by atoms with Gasteiger partial charge in [-0.3, -0.25) is 9.59 Å². The summed E-state index contributed by atoms with van der Waals surface area (Å²) in [6.45, 7) is 3.90. The molecule has 19 heavy (non-hydrogen) atoms. The molecule has 0 heterocycles. The summed E-state index contributed by atoms with van der Waals surface area (Å²) in [5, 5.41) is 0. The number of rotatable bonds is 7. The summed E-state index contributed by atoms with van der Waals surface area (Å²) in [5.74, 6) is 0.788. The van der Waals surface area contributed by atoms with Gasteiger partial charge >= 0.3 is 0 Å². The van der Waals surface area contributed by atoms with Gasteiger partial charge in [0.25, 0.3) is 0 Å². The highest BCUT2D eigenvalue weighted by molar-refractivity contribution is 6.10. The van der Waals surface area contributed by atoms with E-state index in [-0.39, 0.29) is 23.9 Å². The number of carbonyl (C=O) groups excluding carboxylic acids is 2. The largest absolute Gasteiger partial charge is 0.496 e. The topological polar surface area (TPSA) is 52.6 Å². The van der Waals surface area contributed by atoms with Crippen LogP contribution >= 0.6 is 0 Å². The number of carbonyl (C=O) groups is 2. The minimum Gasteiger partial charge on any atom is -0.496 e. The number of ether oxygens (including phenoxy) is 2. The Morgan fingerprint density at radius 1 is 1.11 bits per heavy atom. The Morgan fingerprint density at radius 3 is 2.05 bits per heavy atom. The number of hydrogen-bond donors (Lipinski definition) is 0. The molecule has 0 N–H and O–H groups in total. The summed E-state index contributed by atoms with van der Waals surface area (Å²) in [6.07, 6.45) is 0.290. The zero-order chi connectivity index (χ0) is 14.4. The fourth-order valence-corrected chi connectivity index (χ4v) is 1.92. The van der Waals surface area contributed by atoms with Crippen LogP contribution in [0, 0.1) is 5.92 Å². The molecule has 0 fully saturated rings. The molecule has 0 atom stereocenters. The molecule has 0 saturated heterocycles. The zero-order valence-corrected chi connectivity index (χ0v) is 11.9. The fraction of sp³-hybridized carbons (Fsp3) is 0.467. The predicted octanol–water partition coefficient (Wildman–Crippen LogP) is 2.89. The number of methoxy groups -OCH3 is 2. The second kappa shape index (κ2) is 6.92. The molecule has 104 valence electrons. The van der Waals surface area contributed by atoms with Crippen LogP contribution in [-0.4, -0.2) is 25.8 Å². The van der Waals surface area contributed by atoms with E-state index in [1.165, 1.54) is 14.2 Å². The molecule has 0 saturated carbocycles. The van der Waals surface area contributed by atoms with Crippen LogP contribution in [0.3, 0.4) is 0 Å². The summed E-state index contributed by atoms with van der Waals surface area (Å²) >= 11 is 0. The minimum atomic E-state index is -0.264. The minimum absolute atomic E-state index is 0.0621. The van der Waals surface area contributed by atoms with E-state index in [1.807, 2.05) is 13.8 Å². The van der Waals surface area contributed by atoms with Gasteiger partial charge in [-0.1, -0.05) is 19.9 Å². The third-order valence-electron chi connectivity index (χ3n) is 2.70. The monoisotopic (exact) mass is 264 g/mol. The van der Waals surface area contributed by atoms with Gasteiger partial charge in [0.2, 0.25) is 0 Å². The van der Waals surface area contributed by atoms with Crippen LogP contribution in [0.25, 0.3) is 0 Å². The average molecular weight is 264 g/mol. The van der Waals surface area contributed by atoms with Crippen molar-refractivity contribution in [3.8, 4) is 11.5 Å². The van der Waals surface area contributed by atoms with Crippen molar-refractivity contribution in [3.05, 3.63) is 23.8 Å². The summed E-state index contributed by atoms with van der Waals surface area (Å²) in [4.78, 5) is 23.9. The Labute approximate surface area is 113 Å². The first-order valence-electron chi connectivity index (χ1n) is 6.25. The molecule has 1 aromatic carbocycles. The molecule has 0 aliphatic heterocycles. The lowest BCUT2D eigenvalue weighted by molar-refractivity contribution is -0.118. The average Bonchev–Trinajstić information content (AvgIpc) is 2.36. The first kappa shape index (κ1) is 15.2. The molecule has 0 aromatic heterocycles. The lowest BCUT2D eigenvalue weighted by atomic mass is 9.99. The van der Waals surface area contributed by atoms with Gasteiger partial charge in [-0.25, -0.2) is 0 Å². The maximum atomic E-state index is 12.2. The van der Waals surface area contributed by atoms with E-state index in [0.717, 1.165) is 0 Å². The lowest BCUT2D eigenvalue weighted by Gasteiger charge is -2.12. The Balaban J connectivity index is 2.95. The molecule has 0 aliphatic rings. The van der Waals surface area contributed by atoms with Gasteiger partial charge in [0.1, 0.15) is 22.8 Å². The first-order chi connectivity index (χ1) is 8.99. The van der Waals surface area contributed by atoms with Crippen LogP contribution < -0.4 is 9.47 Å². The molecule has 0 aliphatic carbocycles. The van der Waals surface area contributed by atoms with Crippen LogP contribution in [0.4, 0.5) is 0 Å². The SMILES string of the molecule is COc1cccc(OC)c1C(=O)CC(=O)CC(C)C. The Kier molecular flexibility index (Phi) is 5.55. The summed E-state index contributed by atoms with van der Waals surface area (Å²) < 4.78 is 10.3. The van der Waals surface area contributed by atoms with Crippen molar-refractivity contribution in [3.63, 3.8) is 0 Å². The Hall–Kier alpha value is -1.84. The van der Waals surface area contributed by atoms with Crippen LogP contribution in [0.15, 0.2) is 18.2 Å². The van der Waals surface area contributed by atoms with Gasteiger partial charge in [-0.15, -0.1) is 0 Å². The van der Waals surface area contributed by atoms with Gasteiger partial charge in [0.15, 0.2) is 5.78 Å². The fourth-order valence-electron chi connectivity index (χ4n) is 1.92. The van der Waals surface area contributed by atoms with E-state index in [0.29, 0.717) is 23.5 Å². The highest BCUT2D eigenvalue weighted by Crippen LogP contribution is 2.29. The molecule has 0 radical (unpaired) electrons. The molecule has 0 spiro atoms. The van der Waals surface area contributed by atoms with Crippen LogP contribution in [-0.2, 0) is 4.79 Å². The number of benzene rings is 1. The number of ketones is 2. The van der Waals surface area contributed by atoms with Crippen molar-refractivity contribution in [2.75, 3.05) is 14.2 Å². The maximum absolute atomic E-state index is 12.2. The van der Waals surface area contributed by atoms with Gasteiger partial charge in [-0.2, -0.15) is 0 Å². The molecule has 0 unspecified atom stereocenters. The summed E-state index contributed by atoms with van der Waals surface area (Å²) in [5.41, 5.74) is 0.338. The third kappa shape index (κ3) is 4.09. The second-order valence-corrected chi connectivity index (χ2v) is 4.77. The van der Waals surface area contributed by atoms with E-state index >= 15 is 0 Å². The van der Waals surface area contributed by atoms with Gasteiger partial charge in [0, 0.05) is 6.42 Å². The third-order valence-corrected chi connectivity index (χ3v) is 2.70. The molecule has 1 rings (SSSR count). The normalized spacial score (nSPS) is 10.4. The number of Topliss-reactive ketones (excluding diaryl/α,β-unsaturated/α-hetero) is 2. The maximum Gasteiger partial charge on any atom is 0.177 e. The van der Waals surface area contributed by atoms with Crippen molar-refractivity contribution in [2.45, 2.75) is 26.7 Å². The smallest absolute Gasteiger partial charge is 0.177 e. The quantitative estimate of drug-likeness (QED) is 0.561. The standard InChI is InChI=1S/C15H20O4/c1-10(2)8-11(16)9-12(17)15-13(18-3)6-5-7-14(15)19-4/h5-7,10H,8-9H2,1-4H3. The van der Waals surface area contributed by atoms with E-state index < -0.39 is 0 Å². The molecular weight excluding hydrogens is 244 g/mol. The molecule has 0 amide bonds. The van der Waals surface area contributed by atoms with Crippen molar-refractivity contribution in [1.29, 1.82) is 0 Å². The summed E-state index contributed by atoms with van der Waals surface area (Å²) in [6, 6.07) is 5.11. The molecular formula is C15H20O4. The van der Waals surface area contributed by atoms with Crippen molar-refractivity contribution in [2.24, 2.45) is 5.92 Å². The van der Waals surface area contributed by atoms with Crippen LogP contribution in [0.5, 0.6) is 11.5 Å². The number of hydrogen-bond acceptors (Lipinski definition) is 4. The van der Waals surface area contributed by atoms with E-state index in [4.69, 9.17) is 9.47 Å². The predicted molar refractivity (Wildman–Crippen MR) is 73.0 cm³/mol. The van der Waals surface area contributed by atoms with Crippen molar-refractivity contribution >= 4 is 11.6 Å². The summed E-state index contributed by atoms with van der Waals surface area (Å²) in [7, 11) is 2.98. The van der Waals surface area contributed by atoms with Crippen molar-refractivity contribution < 1.29 is 19.1 Å². The highest BCUT2D eigenvalue weighted by atomic mass is 16.5. The molecule has 4 nitrogen and oxygen atoms in total. The first-order valence-corrected chi connectivity index (χ1v) is 6.25. The van der Waals surface area contributed by atoms with Crippen molar-refractivity contribution in [1.82, 2.24) is 0 Å². The van der Waals surface area contributed by atoms with Crippen LogP contribution in [0.2, 0.25) is 0 Å². The highest BCUT2D eigenvalue weighted by Gasteiger charge is 2.20. The van der Waals surface area contributed by atoms with Gasteiger partial charge in [0.05, 0.1) is 20.6 Å². The van der Waals surface area contributed by atoms with E-state index in [1.54, 1.807) is 18.2 Å². The molecule has 0 bridgehead atoms. The van der Waals surface area contributed by atoms with E-state index in [2.05, 4.69) is 0 Å². The lowest BCUT2D eigenvalue weighted by Crippen LogP contribution is -2.12. The zero-order valence-electron chi connectivity index (χ0n) is 11.9. The molecule has 1 aromatic rings. The Morgan fingerprint density at radius 2 is 1.63 bits per heavy atom. The molecule has 4 heteroatoms. The van der Waals surface area contributed by atoms with Gasteiger partial charge < -0.3 is 9.47 Å². The van der Waals surface area contributed by atoms with Gasteiger partial charge in [-0.05, 0) is 18.1 Å². The Bertz CT molecular complexity index is 441. The van der Waals surface area contributed by atoms with Crippen LogP contribution in [0.1, 0.15) is 37.0 Å². The second-order valence-electron chi connectivity index (χ2n) is 4.77.